The standard InChI is InChI=1S/C13H22N2O/c1-11(13-6-4-8-16-13)15(2)10-12-5-3-7-14-9-12/h4,6,8,11-12,14H,3,5,7,9-10H2,1-2H3/t11-,12-/m0/s1. The van der Waals surface area contributed by atoms with Crippen LogP contribution in [0.1, 0.15) is 31.6 Å². The molecule has 1 aliphatic heterocycles. The Morgan fingerprint density at radius 3 is 3.12 bits per heavy atom. The second-order valence-corrected chi connectivity index (χ2v) is 4.84. The number of hydrogen-bond acceptors (Lipinski definition) is 3. The Labute approximate surface area is 97.8 Å². The maximum absolute atomic E-state index is 5.45. The van der Waals surface area contributed by atoms with Gasteiger partial charge in [-0.3, -0.25) is 4.90 Å². The first-order chi connectivity index (χ1) is 7.77. The predicted octanol–water partition coefficient (Wildman–Crippen LogP) is 2.27. The van der Waals surface area contributed by atoms with Gasteiger partial charge in [0.2, 0.25) is 0 Å². The first-order valence-corrected chi connectivity index (χ1v) is 6.21. The highest BCUT2D eigenvalue weighted by atomic mass is 16.3. The molecule has 0 spiro atoms. The van der Waals surface area contributed by atoms with Crippen LogP contribution in [0.5, 0.6) is 0 Å². The molecule has 2 heterocycles. The summed E-state index contributed by atoms with van der Waals surface area (Å²) in [5.74, 6) is 1.85. The number of piperidine rings is 1. The molecule has 90 valence electrons. The summed E-state index contributed by atoms with van der Waals surface area (Å²) in [6.45, 7) is 5.70. The molecule has 3 heteroatoms. The van der Waals surface area contributed by atoms with E-state index in [1.165, 1.54) is 19.4 Å². The predicted molar refractivity (Wildman–Crippen MR) is 65.3 cm³/mol. The van der Waals surface area contributed by atoms with E-state index in [9.17, 15) is 0 Å². The third-order valence-electron chi connectivity index (χ3n) is 3.56. The van der Waals surface area contributed by atoms with Crippen molar-refractivity contribution in [1.29, 1.82) is 0 Å². The number of nitrogens with one attached hydrogen (secondary N) is 1. The molecule has 16 heavy (non-hydrogen) atoms. The molecule has 1 aliphatic rings. The number of nitrogens with zero attached hydrogens (tertiary/aromatic N) is 1. The summed E-state index contributed by atoms with van der Waals surface area (Å²) in [6.07, 6.45) is 4.41. The molecule has 0 radical (unpaired) electrons. The smallest absolute Gasteiger partial charge is 0.120 e. The average molecular weight is 222 g/mol. The SMILES string of the molecule is C[C@@H](c1ccco1)N(C)C[C@H]1CCCNC1. The molecule has 1 fully saturated rings. The minimum Gasteiger partial charge on any atom is -0.468 e. The van der Waals surface area contributed by atoms with Crippen molar-refractivity contribution < 1.29 is 4.42 Å². The minimum absolute atomic E-state index is 0.372. The highest BCUT2D eigenvalue weighted by Crippen LogP contribution is 2.21. The fraction of sp³-hybridized carbons (Fsp3) is 0.692. The van der Waals surface area contributed by atoms with E-state index in [1.807, 2.05) is 6.07 Å². The average Bonchev–Trinajstić information content (AvgIpc) is 2.83. The van der Waals surface area contributed by atoms with E-state index < -0.39 is 0 Å². The van der Waals surface area contributed by atoms with Gasteiger partial charge in [-0.1, -0.05) is 0 Å². The number of furan rings is 1. The molecule has 1 aromatic heterocycles. The normalized spacial score (nSPS) is 23.6. The van der Waals surface area contributed by atoms with E-state index in [-0.39, 0.29) is 0 Å². The van der Waals surface area contributed by atoms with Gasteiger partial charge >= 0.3 is 0 Å². The molecule has 0 aromatic carbocycles. The molecule has 0 aliphatic carbocycles. The summed E-state index contributed by atoms with van der Waals surface area (Å²) in [5, 5.41) is 3.46. The lowest BCUT2D eigenvalue weighted by molar-refractivity contribution is 0.182. The van der Waals surface area contributed by atoms with Gasteiger partial charge in [-0.25, -0.2) is 0 Å². The highest BCUT2D eigenvalue weighted by Gasteiger charge is 2.19. The second-order valence-electron chi connectivity index (χ2n) is 4.84. The van der Waals surface area contributed by atoms with E-state index in [0.717, 1.165) is 24.8 Å². The third kappa shape index (κ3) is 2.86. The number of rotatable bonds is 4. The zero-order valence-corrected chi connectivity index (χ0v) is 10.3. The first kappa shape index (κ1) is 11.7. The Morgan fingerprint density at radius 1 is 1.62 bits per heavy atom. The van der Waals surface area contributed by atoms with Crippen molar-refractivity contribution in [2.24, 2.45) is 5.92 Å². The quantitative estimate of drug-likeness (QED) is 0.847. The van der Waals surface area contributed by atoms with Crippen LogP contribution in [0.3, 0.4) is 0 Å². The molecule has 3 nitrogen and oxygen atoms in total. The van der Waals surface area contributed by atoms with Gasteiger partial charge in [0.05, 0.1) is 12.3 Å². The molecular weight excluding hydrogens is 200 g/mol. The lowest BCUT2D eigenvalue weighted by Crippen LogP contribution is -2.37. The summed E-state index contributed by atoms with van der Waals surface area (Å²) < 4.78 is 5.45. The third-order valence-corrected chi connectivity index (χ3v) is 3.56. The van der Waals surface area contributed by atoms with Crippen molar-refractivity contribution in [2.75, 3.05) is 26.7 Å². The van der Waals surface area contributed by atoms with Gasteiger partial charge in [0.25, 0.3) is 0 Å². The van der Waals surface area contributed by atoms with Crippen LogP contribution in [0.2, 0.25) is 0 Å². The van der Waals surface area contributed by atoms with Crippen LogP contribution in [-0.4, -0.2) is 31.6 Å². The summed E-state index contributed by atoms with van der Waals surface area (Å²) in [5.41, 5.74) is 0. The molecule has 1 aromatic rings. The van der Waals surface area contributed by atoms with Crippen molar-refractivity contribution in [3.63, 3.8) is 0 Å². The molecule has 0 amide bonds. The van der Waals surface area contributed by atoms with Crippen LogP contribution >= 0.6 is 0 Å². The van der Waals surface area contributed by atoms with Crippen molar-refractivity contribution in [1.82, 2.24) is 10.2 Å². The fourth-order valence-corrected chi connectivity index (χ4v) is 2.39. The van der Waals surface area contributed by atoms with Gasteiger partial charge in [-0.05, 0) is 58.0 Å². The summed E-state index contributed by atoms with van der Waals surface area (Å²) in [6, 6.07) is 4.39. The van der Waals surface area contributed by atoms with Crippen LogP contribution < -0.4 is 5.32 Å². The number of hydrogen-bond donors (Lipinski definition) is 1. The van der Waals surface area contributed by atoms with Gasteiger partial charge in [0.15, 0.2) is 0 Å². The van der Waals surface area contributed by atoms with Crippen LogP contribution in [0.4, 0.5) is 0 Å². The molecule has 2 rings (SSSR count). The second kappa shape index (κ2) is 5.51. The van der Waals surface area contributed by atoms with E-state index in [1.54, 1.807) is 6.26 Å². The van der Waals surface area contributed by atoms with E-state index >= 15 is 0 Å². The van der Waals surface area contributed by atoms with Gasteiger partial charge in [0, 0.05) is 6.54 Å². The molecule has 0 saturated carbocycles. The molecular formula is C13H22N2O. The van der Waals surface area contributed by atoms with Gasteiger partial charge < -0.3 is 9.73 Å². The van der Waals surface area contributed by atoms with Crippen molar-refractivity contribution >= 4 is 0 Å². The van der Waals surface area contributed by atoms with Crippen molar-refractivity contribution in [2.45, 2.75) is 25.8 Å². The molecule has 0 bridgehead atoms. The topological polar surface area (TPSA) is 28.4 Å². The maximum atomic E-state index is 5.45. The van der Waals surface area contributed by atoms with Gasteiger partial charge in [-0.2, -0.15) is 0 Å². The Morgan fingerprint density at radius 2 is 2.50 bits per heavy atom. The lowest BCUT2D eigenvalue weighted by atomic mass is 9.98. The molecule has 0 unspecified atom stereocenters. The van der Waals surface area contributed by atoms with E-state index in [0.29, 0.717) is 6.04 Å². The molecule has 2 atom stereocenters. The fourth-order valence-electron chi connectivity index (χ4n) is 2.39. The van der Waals surface area contributed by atoms with E-state index in [4.69, 9.17) is 4.42 Å². The largest absolute Gasteiger partial charge is 0.468 e. The van der Waals surface area contributed by atoms with Crippen LogP contribution in [0.15, 0.2) is 22.8 Å². The zero-order valence-electron chi connectivity index (χ0n) is 10.3. The maximum Gasteiger partial charge on any atom is 0.120 e. The van der Waals surface area contributed by atoms with Crippen LogP contribution in [-0.2, 0) is 0 Å². The summed E-state index contributed by atoms with van der Waals surface area (Å²) in [7, 11) is 2.18. The highest BCUT2D eigenvalue weighted by molar-refractivity contribution is 5.03. The monoisotopic (exact) mass is 222 g/mol. The lowest BCUT2D eigenvalue weighted by Gasteiger charge is -2.30. The summed E-state index contributed by atoms with van der Waals surface area (Å²) in [4.78, 5) is 2.39. The van der Waals surface area contributed by atoms with Crippen LogP contribution in [0, 0.1) is 5.92 Å². The Hall–Kier alpha value is -0.800. The Kier molecular flexibility index (Phi) is 4.02. The first-order valence-electron chi connectivity index (χ1n) is 6.21. The van der Waals surface area contributed by atoms with Crippen LogP contribution in [0.25, 0.3) is 0 Å². The Bertz CT molecular complexity index is 291. The molecule has 1 saturated heterocycles. The van der Waals surface area contributed by atoms with Gasteiger partial charge in [-0.15, -0.1) is 0 Å². The van der Waals surface area contributed by atoms with Crippen molar-refractivity contribution in [3.05, 3.63) is 24.2 Å². The minimum atomic E-state index is 0.372. The van der Waals surface area contributed by atoms with Gasteiger partial charge in [0.1, 0.15) is 5.76 Å². The van der Waals surface area contributed by atoms with E-state index in [2.05, 4.69) is 30.3 Å². The molecule has 1 N–H and O–H groups in total. The summed E-state index contributed by atoms with van der Waals surface area (Å²) >= 11 is 0. The Balaban J connectivity index is 1.84. The zero-order chi connectivity index (χ0) is 11.4. The van der Waals surface area contributed by atoms with Crippen molar-refractivity contribution in [3.8, 4) is 0 Å².